The van der Waals surface area contributed by atoms with Gasteiger partial charge in [-0.05, 0) is 62.1 Å². The van der Waals surface area contributed by atoms with Crippen molar-refractivity contribution in [3.05, 3.63) is 60.2 Å². The largest absolute Gasteiger partial charge is 0.436 e. The summed E-state index contributed by atoms with van der Waals surface area (Å²) >= 11 is 0. The third-order valence-corrected chi connectivity index (χ3v) is 6.15. The molecule has 0 saturated carbocycles. The molecule has 1 unspecified atom stereocenters. The third-order valence-electron chi connectivity index (χ3n) is 6.15. The summed E-state index contributed by atoms with van der Waals surface area (Å²) in [5.41, 5.74) is 4.43. The Bertz CT molecular complexity index is 1110. The number of allylic oxidation sites excluding steroid dienone is 1. The van der Waals surface area contributed by atoms with E-state index in [4.69, 9.17) is 4.42 Å². The number of nitrogens with two attached hydrogens (primary N) is 1. The summed E-state index contributed by atoms with van der Waals surface area (Å²) in [6, 6.07) is 14.5. The fourth-order valence-electron chi connectivity index (χ4n) is 4.46. The Labute approximate surface area is 180 Å². The highest BCUT2D eigenvalue weighted by Gasteiger charge is 2.42. The van der Waals surface area contributed by atoms with Crippen LogP contribution < -0.4 is 10.2 Å². The van der Waals surface area contributed by atoms with Crippen LogP contribution in [0.2, 0.25) is 0 Å². The Morgan fingerprint density at radius 2 is 1.90 bits per heavy atom. The highest BCUT2D eigenvalue weighted by molar-refractivity contribution is 6.21. The molecule has 158 valence electrons. The van der Waals surface area contributed by atoms with Crippen LogP contribution in [0.3, 0.4) is 0 Å². The van der Waals surface area contributed by atoms with Gasteiger partial charge in [0, 0.05) is 12.0 Å². The smallest absolute Gasteiger partial charge is 0.292 e. The van der Waals surface area contributed by atoms with Crippen molar-refractivity contribution in [1.82, 2.24) is 4.98 Å². The number of rotatable bonds is 6. The maximum atomic E-state index is 12.9. The highest BCUT2D eigenvalue weighted by atomic mass is 16.3. The van der Waals surface area contributed by atoms with Crippen LogP contribution in [0.15, 0.2) is 64.6 Å². The van der Waals surface area contributed by atoms with Crippen molar-refractivity contribution >= 4 is 28.6 Å². The number of carbonyl (C=O) groups is 2. The first-order valence-electron chi connectivity index (χ1n) is 11.0. The van der Waals surface area contributed by atoms with Crippen LogP contribution in [0.5, 0.6) is 0 Å². The van der Waals surface area contributed by atoms with Gasteiger partial charge in [0.1, 0.15) is 5.52 Å². The minimum atomic E-state index is -0.326. The molecule has 3 aromatic rings. The minimum Gasteiger partial charge on any atom is -0.436 e. The van der Waals surface area contributed by atoms with Crippen molar-refractivity contribution in [2.24, 2.45) is 0 Å². The van der Waals surface area contributed by atoms with Gasteiger partial charge in [-0.15, -0.1) is 0 Å². The Morgan fingerprint density at radius 1 is 1.06 bits per heavy atom. The molecule has 0 bridgehead atoms. The van der Waals surface area contributed by atoms with Crippen LogP contribution in [-0.2, 0) is 9.59 Å². The summed E-state index contributed by atoms with van der Waals surface area (Å²) in [6.07, 6.45) is 8.47. The molecule has 1 aliphatic heterocycles. The molecule has 2 heterocycles. The lowest BCUT2D eigenvalue weighted by molar-refractivity contribution is -0.674. The lowest BCUT2D eigenvalue weighted by Gasteiger charge is -2.15. The Kier molecular flexibility index (Phi) is 5.38. The van der Waals surface area contributed by atoms with Gasteiger partial charge in [-0.3, -0.25) is 9.59 Å². The van der Waals surface area contributed by atoms with Gasteiger partial charge >= 0.3 is 0 Å². The van der Waals surface area contributed by atoms with E-state index in [0.29, 0.717) is 11.6 Å². The lowest BCUT2D eigenvalue weighted by atomic mass is 9.97. The van der Waals surface area contributed by atoms with Crippen LogP contribution in [-0.4, -0.2) is 29.4 Å². The number of aromatic nitrogens is 1. The number of oxazole rings is 1. The fourth-order valence-corrected chi connectivity index (χ4v) is 4.46. The number of para-hydroxylation sites is 2. The standard InChI is InChI=1S/C25H25N3O3/c29-23-16-21(26-15-14-17-6-2-1-3-7-17)25(30)28(23)19-12-10-18(11-13-19)24-27-20-8-4-5-9-22(20)31-24/h4-6,8-13,21,26H,1-3,7,14-16H2/p+1. The maximum absolute atomic E-state index is 12.9. The number of benzene rings is 2. The number of quaternary nitrogens is 1. The van der Waals surface area contributed by atoms with E-state index in [-0.39, 0.29) is 24.3 Å². The molecule has 1 aliphatic carbocycles. The summed E-state index contributed by atoms with van der Waals surface area (Å²) in [5, 5.41) is 2.03. The SMILES string of the molecule is O=C1CC([NH2+]CCC2=CCCCC2)C(=O)N1c1ccc(-c2nc3ccccc3o2)cc1. The topological polar surface area (TPSA) is 80.0 Å². The van der Waals surface area contributed by atoms with Crippen LogP contribution in [0.4, 0.5) is 5.69 Å². The van der Waals surface area contributed by atoms with Gasteiger partial charge in [-0.25, -0.2) is 9.88 Å². The summed E-state index contributed by atoms with van der Waals surface area (Å²) < 4.78 is 5.80. The van der Waals surface area contributed by atoms with Crippen molar-refractivity contribution in [2.75, 3.05) is 11.4 Å². The van der Waals surface area contributed by atoms with E-state index in [1.165, 1.54) is 36.2 Å². The molecule has 6 nitrogen and oxygen atoms in total. The average molecular weight is 417 g/mol. The number of amides is 2. The Balaban J connectivity index is 1.25. The predicted molar refractivity (Wildman–Crippen MR) is 118 cm³/mol. The van der Waals surface area contributed by atoms with E-state index in [2.05, 4.69) is 11.1 Å². The molecule has 1 atom stereocenters. The highest BCUT2D eigenvalue weighted by Crippen LogP contribution is 2.28. The molecule has 2 aliphatic rings. The van der Waals surface area contributed by atoms with Gasteiger partial charge in [-0.2, -0.15) is 0 Å². The van der Waals surface area contributed by atoms with E-state index in [1.807, 2.05) is 41.7 Å². The van der Waals surface area contributed by atoms with Gasteiger partial charge in [0.05, 0.1) is 18.7 Å². The summed E-state index contributed by atoms with van der Waals surface area (Å²) in [7, 11) is 0. The zero-order chi connectivity index (χ0) is 21.2. The third kappa shape index (κ3) is 4.03. The molecule has 1 fully saturated rings. The number of anilines is 1. The molecule has 1 saturated heterocycles. The first-order valence-corrected chi connectivity index (χ1v) is 11.0. The number of fused-ring (bicyclic) bond motifs is 1. The number of hydrogen-bond acceptors (Lipinski definition) is 4. The van der Waals surface area contributed by atoms with E-state index in [9.17, 15) is 9.59 Å². The van der Waals surface area contributed by atoms with Crippen LogP contribution in [0, 0.1) is 0 Å². The van der Waals surface area contributed by atoms with Crippen LogP contribution in [0.1, 0.15) is 38.5 Å². The van der Waals surface area contributed by atoms with Gasteiger partial charge in [0.15, 0.2) is 11.6 Å². The molecule has 5 rings (SSSR count). The molecule has 0 radical (unpaired) electrons. The Hall–Kier alpha value is -3.25. The molecule has 1 aromatic heterocycles. The molecular weight excluding hydrogens is 390 g/mol. The summed E-state index contributed by atoms with van der Waals surface area (Å²) in [6.45, 7) is 0.847. The number of imide groups is 1. The quantitative estimate of drug-likeness (QED) is 0.492. The van der Waals surface area contributed by atoms with Crippen molar-refractivity contribution < 1.29 is 19.3 Å². The van der Waals surface area contributed by atoms with Crippen molar-refractivity contribution in [2.45, 2.75) is 44.6 Å². The van der Waals surface area contributed by atoms with Crippen molar-refractivity contribution in [3.63, 3.8) is 0 Å². The van der Waals surface area contributed by atoms with Crippen LogP contribution in [0.25, 0.3) is 22.6 Å². The number of hydrogen-bond donors (Lipinski definition) is 1. The van der Waals surface area contributed by atoms with E-state index < -0.39 is 0 Å². The number of carbonyl (C=O) groups excluding carboxylic acids is 2. The van der Waals surface area contributed by atoms with Gasteiger partial charge in [0.25, 0.3) is 5.91 Å². The molecule has 6 heteroatoms. The zero-order valence-electron chi connectivity index (χ0n) is 17.4. The predicted octanol–water partition coefficient (Wildman–Crippen LogP) is 3.58. The second-order valence-corrected chi connectivity index (χ2v) is 8.29. The first kappa shape index (κ1) is 19.7. The van der Waals surface area contributed by atoms with Gasteiger partial charge < -0.3 is 9.73 Å². The zero-order valence-corrected chi connectivity index (χ0v) is 17.4. The minimum absolute atomic E-state index is 0.128. The monoisotopic (exact) mass is 416 g/mol. The van der Waals surface area contributed by atoms with E-state index >= 15 is 0 Å². The summed E-state index contributed by atoms with van der Waals surface area (Å²) in [5.74, 6) is 0.255. The van der Waals surface area contributed by atoms with Gasteiger partial charge in [-0.1, -0.05) is 23.8 Å². The molecule has 2 N–H and O–H groups in total. The molecule has 0 spiro atoms. The second kappa shape index (κ2) is 8.47. The fraction of sp³-hybridized carbons (Fsp3) is 0.320. The maximum Gasteiger partial charge on any atom is 0.292 e. The van der Waals surface area contributed by atoms with Gasteiger partial charge in [0.2, 0.25) is 11.8 Å². The summed E-state index contributed by atoms with van der Waals surface area (Å²) in [4.78, 5) is 31.3. The van der Waals surface area contributed by atoms with E-state index in [1.54, 1.807) is 12.1 Å². The Morgan fingerprint density at radius 3 is 2.68 bits per heavy atom. The van der Waals surface area contributed by atoms with E-state index in [0.717, 1.165) is 29.6 Å². The number of nitrogens with zero attached hydrogens (tertiary/aromatic N) is 2. The van der Waals surface area contributed by atoms with Crippen molar-refractivity contribution in [3.8, 4) is 11.5 Å². The molecular formula is C25H26N3O3+. The molecule has 2 aromatic carbocycles. The molecule has 31 heavy (non-hydrogen) atoms. The van der Waals surface area contributed by atoms with Crippen molar-refractivity contribution in [1.29, 1.82) is 0 Å². The van der Waals surface area contributed by atoms with Crippen LogP contribution >= 0.6 is 0 Å². The first-order chi connectivity index (χ1) is 15.2. The second-order valence-electron chi connectivity index (χ2n) is 8.29. The molecule has 2 amide bonds. The lowest BCUT2D eigenvalue weighted by Crippen LogP contribution is -2.91. The average Bonchev–Trinajstić information content (AvgIpc) is 3.35. The normalized spacial score (nSPS) is 19.3.